The predicted octanol–water partition coefficient (Wildman–Crippen LogP) is 4.97. The van der Waals surface area contributed by atoms with E-state index in [1.165, 1.54) is 19.3 Å². The minimum absolute atomic E-state index is 0.152. The van der Waals surface area contributed by atoms with Crippen LogP contribution in [0.15, 0.2) is 22.7 Å². The van der Waals surface area contributed by atoms with Crippen LogP contribution in [0.5, 0.6) is 0 Å². The molecule has 3 unspecified atom stereocenters. The molecular weight excluding hydrogens is 310 g/mol. The summed E-state index contributed by atoms with van der Waals surface area (Å²) in [4.78, 5) is 0. The van der Waals surface area contributed by atoms with Gasteiger partial charge in [-0.2, -0.15) is 5.26 Å². The van der Waals surface area contributed by atoms with Crippen LogP contribution in [0.25, 0.3) is 0 Å². The molecule has 2 bridgehead atoms. The summed E-state index contributed by atoms with van der Waals surface area (Å²) in [5.41, 5.74) is 0.967. The Hall–Kier alpha value is -0.520. The van der Waals surface area contributed by atoms with Crippen molar-refractivity contribution < 1.29 is 0 Å². The average molecular weight is 325 g/mol. The van der Waals surface area contributed by atoms with E-state index < -0.39 is 0 Å². The first-order chi connectivity index (χ1) is 8.63. The summed E-state index contributed by atoms with van der Waals surface area (Å²) in [5.74, 6) is 1.37. The predicted molar refractivity (Wildman–Crippen MR) is 76.4 cm³/mol. The summed E-state index contributed by atoms with van der Waals surface area (Å²) in [6.07, 6.45) is 5.69. The third-order valence-electron chi connectivity index (χ3n) is 4.72. The summed E-state index contributed by atoms with van der Waals surface area (Å²) in [6, 6.07) is 8.62. The fourth-order valence-corrected chi connectivity index (χ4v) is 4.58. The minimum Gasteiger partial charge on any atom is -0.198 e. The lowest BCUT2D eigenvalue weighted by atomic mass is 9.70. The first-order valence-corrected chi connectivity index (χ1v) is 7.65. The molecule has 3 heteroatoms. The number of fused-ring (bicyclic) bond motifs is 2. The summed E-state index contributed by atoms with van der Waals surface area (Å²) >= 11 is 9.71. The molecule has 94 valence electrons. The quantitative estimate of drug-likeness (QED) is 0.753. The monoisotopic (exact) mass is 323 g/mol. The van der Waals surface area contributed by atoms with Crippen LogP contribution in [0.3, 0.4) is 0 Å². The normalized spacial score (nSPS) is 33.6. The molecule has 0 radical (unpaired) electrons. The van der Waals surface area contributed by atoms with Gasteiger partial charge in [-0.05, 0) is 55.2 Å². The minimum atomic E-state index is -0.152. The van der Waals surface area contributed by atoms with Crippen molar-refractivity contribution in [3.63, 3.8) is 0 Å². The number of halogens is 2. The molecule has 18 heavy (non-hydrogen) atoms. The van der Waals surface area contributed by atoms with Gasteiger partial charge >= 0.3 is 0 Å². The van der Waals surface area contributed by atoms with Gasteiger partial charge < -0.3 is 0 Å². The standard InChI is InChI=1S/C15H15BrClN/c16-13-4-2-11(14(17)6-13)8-15(9-18)7-10-1-3-12(15)5-10/h2,4,6,10,12H,1,3,5,7-8H2. The van der Waals surface area contributed by atoms with Crippen molar-refractivity contribution in [1.82, 2.24) is 0 Å². The molecule has 3 atom stereocenters. The van der Waals surface area contributed by atoms with Gasteiger partial charge in [-0.25, -0.2) is 0 Å². The molecule has 0 N–H and O–H groups in total. The Bertz CT molecular complexity index is 522. The van der Waals surface area contributed by atoms with E-state index >= 15 is 0 Å². The van der Waals surface area contributed by atoms with E-state index in [9.17, 15) is 5.26 Å². The van der Waals surface area contributed by atoms with Crippen molar-refractivity contribution in [3.8, 4) is 6.07 Å². The maximum Gasteiger partial charge on any atom is 0.0696 e. The highest BCUT2D eigenvalue weighted by atomic mass is 79.9. The Labute approximate surface area is 121 Å². The number of nitrogens with zero attached hydrogens (tertiary/aromatic N) is 1. The highest BCUT2D eigenvalue weighted by molar-refractivity contribution is 9.10. The number of hydrogen-bond donors (Lipinski definition) is 0. The SMILES string of the molecule is N#CC1(Cc2ccc(Br)cc2Cl)CC2CCC1C2. The van der Waals surface area contributed by atoms with Crippen LogP contribution in [-0.4, -0.2) is 0 Å². The van der Waals surface area contributed by atoms with Crippen LogP contribution < -0.4 is 0 Å². The zero-order valence-electron chi connectivity index (χ0n) is 10.1. The van der Waals surface area contributed by atoms with Crippen LogP contribution in [0, 0.1) is 28.6 Å². The molecule has 0 aromatic heterocycles. The smallest absolute Gasteiger partial charge is 0.0696 e. The van der Waals surface area contributed by atoms with Crippen molar-refractivity contribution >= 4 is 27.5 Å². The van der Waals surface area contributed by atoms with Crippen molar-refractivity contribution in [2.24, 2.45) is 17.3 Å². The topological polar surface area (TPSA) is 23.8 Å². The lowest BCUT2D eigenvalue weighted by molar-refractivity contribution is 0.239. The van der Waals surface area contributed by atoms with Crippen LogP contribution in [0.1, 0.15) is 31.2 Å². The van der Waals surface area contributed by atoms with Gasteiger partial charge in [0, 0.05) is 9.50 Å². The molecule has 0 amide bonds. The first-order valence-electron chi connectivity index (χ1n) is 6.48. The fourth-order valence-electron chi connectivity index (χ4n) is 3.84. The molecule has 2 saturated carbocycles. The van der Waals surface area contributed by atoms with E-state index in [0.717, 1.165) is 33.8 Å². The molecular formula is C15H15BrClN. The van der Waals surface area contributed by atoms with Gasteiger partial charge in [0.15, 0.2) is 0 Å². The van der Waals surface area contributed by atoms with Gasteiger partial charge in [0.05, 0.1) is 11.5 Å². The van der Waals surface area contributed by atoms with E-state index in [2.05, 4.69) is 28.1 Å². The van der Waals surface area contributed by atoms with Gasteiger partial charge in [0.1, 0.15) is 0 Å². The second-order valence-corrected chi connectivity index (χ2v) is 7.08. The Morgan fingerprint density at radius 1 is 1.44 bits per heavy atom. The third kappa shape index (κ3) is 1.98. The number of rotatable bonds is 2. The van der Waals surface area contributed by atoms with E-state index in [4.69, 9.17) is 11.6 Å². The van der Waals surface area contributed by atoms with E-state index in [1.807, 2.05) is 12.1 Å². The third-order valence-corrected chi connectivity index (χ3v) is 5.56. The van der Waals surface area contributed by atoms with Gasteiger partial charge in [-0.1, -0.05) is 40.0 Å². The maximum atomic E-state index is 9.64. The molecule has 2 aliphatic carbocycles. The molecule has 0 aliphatic heterocycles. The Balaban J connectivity index is 1.89. The summed E-state index contributed by atoms with van der Waals surface area (Å²) in [7, 11) is 0. The summed E-state index contributed by atoms with van der Waals surface area (Å²) in [5, 5.41) is 10.4. The zero-order valence-corrected chi connectivity index (χ0v) is 12.5. The fraction of sp³-hybridized carbons (Fsp3) is 0.533. The van der Waals surface area contributed by atoms with Crippen LogP contribution in [0.2, 0.25) is 5.02 Å². The second kappa shape index (κ2) is 4.54. The van der Waals surface area contributed by atoms with Gasteiger partial charge in [0.25, 0.3) is 0 Å². The lowest BCUT2D eigenvalue weighted by Crippen LogP contribution is -2.28. The Morgan fingerprint density at radius 2 is 2.28 bits per heavy atom. The van der Waals surface area contributed by atoms with Crippen LogP contribution >= 0.6 is 27.5 Å². The summed E-state index contributed by atoms with van der Waals surface area (Å²) < 4.78 is 0.996. The Kier molecular flexibility index (Phi) is 3.16. The maximum absolute atomic E-state index is 9.64. The largest absolute Gasteiger partial charge is 0.198 e. The van der Waals surface area contributed by atoms with Crippen LogP contribution in [0.4, 0.5) is 0 Å². The van der Waals surface area contributed by atoms with Crippen molar-refractivity contribution in [2.75, 3.05) is 0 Å². The van der Waals surface area contributed by atoms with Gasteiger partial charge in [0.2, 0.25) is 0 Å². The molecule has 1 nitrogen and oxygen atoms in total. The number of nitriles is 1. The van der Waals surface area contributed by atoms with E-state index in [0.29, 0.717) is 5.92 Å². The number of benzene rings is 1. The van der Waals surface area contributed by atoms with Gasteiger partial charge in [-0.15, -0.1) is 0 Å². The first kappa shape index (κ1) is 12.5. The zero-order chi connectivity index (χ0) is 12.8. The molecule has 0 spiro atoms. The molecule has 1 aromatic rings. The molecule has 0 heterocycles. The second-order valence-electron chi connectivity index (χ2n) is 5.76. The summed E-state index contributed by atoms with van der Waals surface area (Å²) in [6.45, 7) is 0. The molecule has 2 aliphatic rings. The highest BCUT2D eigenvalue weighted by Gasteiger charge is 2.51. The van der Waals surface area contributed by atoms with Crippen molar-refractivity contribution in [3.05, 3.63) is 33.3 Å². The number of hydrogen-bond acceptors (Lipinski definition) is 1. The molecule has 0 saturated heterocycles. The molecule has 3 rings (SSSR count). The van der Waals surface area contributed by atoms with Crippen molar-refractivity contribution in [2.45, 2.75) is 32.1 Å². The van der Waals surface area contributed by atoms with Crippen LogP contribution in [-0.2, 0) is 6.42 Å². The molecule has 2 fully saturated rings. The highest BCUT2D eigenvalue weighted by Crippen LogP contribution is 2.57. The lowest BCUT2D eigenvalue weighted by Gasteiger charge is -2.31. The Morgan fingerprint density at radius 3 is 2.83 bits per heavy atom. The molecule has 1 aromatic carbocycles. The van der Waals surface area contributed by atoms with E-state index in [1.54, 1.807) is 0 Å². The van der Waals surface area contributed by atoms with Gasteiger partial charge in [-0.3, -0.25) is 0 Å². The van der Waals surface area contributed by atoms with Crippen molar-refractivity contribution in [1.29, 1.82) is 5.26 Å². The van der Waals surface area contributed by atoms with E-state index in [-0.39, 0.29) is 5.41 Å². The average Bonchev–Trinajstić information content (AvgIpc) is 2.93.